The Hall–Kier alpha value is -1.75. The molecule has 0 aliphatic heterocycles. The van der Waals surface area contributed by atoms with E-state index in [0.717, 1.165) is 17.1 Å². The van der Waals surface area contributed by atoms with Gasteiger partial charge in [0.25, 0.3) is 5.91 Å². The van der Waals surface area contributed by atoms with Crippen LogP contribution in [0.2, 0.25) is 0 Å². The van der Waals surface area contributed by atoms with Gasteiger partial charge in [0.1, 0.15) is 4.88 Å². The molecule has 1 heterocycles. The summed E-state index contributed by atoms with van der Waals surface area (Å²) in [5.41, 5.74) is 2.96. The number of carbonyl (C=O) groups is 1. The van der Waals surface area contributed by atoms with E-state index in [9.17, 15) is 4.79 Å². The molecule has 0 unspecified atom stereocenters. The smallest absolute Gasteiger partial charge is 0.265 e. The molecule has 2 aromatic rings. The Morgan fingerprint density at radius 1 is 1.41 bits per heavy atom. The van der Waals surface area contributed by atoms with Crippen LogP contribution in [-0.2, 0) is 6.54 Å². The van der Waals surface area contributed by atoms with Gasteiger partial charge in [-0.25, -0.2) is 0 Å². The number of aryl methyl sites for hydroxylation is 2. The van der Waals surface area contributed by atoms with Gasteiger partial charge in [-0.15, -0.1) is 5.10 Å². The number of benzene rings is 1. The van der Waals surface area contributed by atoms with Gasteiger partial charge in [-0.1, -0.05) is 34.3 Å². The van der Waals surface area contributed by atoms with Gasteiger partial charge in [0, 0.05) is 6.54 Å². The molecule has 1 amide bonds. The zero-order valence-corrected chi connectivity index (χ0v) is 10.5. The van der Waals surface area contributed by atoms with Gasteiger partial charge in [0.05, 0.1) is 5.69 Å². The number of hydrogen-bond donors (Lipinski definition) is 1. The van der Waals surface area contributed by atoms with E-state index < -0.39 is 0 Å². The van der Waals surface area contributed by atoms with E-state index in [-0.39, 0.29) is 5.91 Å². The minimum atomic E-state index is -0.112. The van der Waals surface area contributed by atoms with Crippen LogP contribution in [0.25, 0.3) is 0 Å². The number of nitrogens with one attached hydrogen (secondary N) is 1. The van der Waals surface area contributed by atoms with Crippen LogP contribution < -0.4 is 5.32 Å². The lowest BCUT2D eigenvalue weighted by Gasteiger charge is -2.04. The van der Waals surface area contributed by atoms with Crippen LogP contribution >= 0.6 is 11.5 Å². The van der Waals surface area contributed by atoms with Crippen LogP contribution in [0.4, 0.5) is 0 Å². The predicted octanol–water partition coefficient (Wildman–Crippen LogP) is 2.08. The quantitative estimate of drug-likeness (QED) is 0.903. The van der Waals surface area contributed by atoms with Gasteiger partial charge in [-0.2, -0.15) is 0 Å². The first-order valence-electron chi connectivity index (χ1n) is 5.29. The molecule has 0 fully saturated rings. The second-order valence-corrected chi connectivity index (χ2v) is 4.61. The van der Waals surface area contributed by atoms with Crippen molar-refractivity contribution in [1.29, 1.82) is 0 Å². The fourth-order valence-corrected chi connectivity index (χ4v) is 2.10. The molecule has 88 valence electrons. The number of aromatic nitrogens is 2. The summed E-state index contributed by atoms with van der Waals surface area (Å²) in [6.45, 7) is 4.34. The van der Waals surface area contributed by atoms with E-state index in [1.807, 2.05) is 25.1 Å². The van der Waals surface area contributed by atoms with Crippen LogP contribution in [-0.4, -0.2) is 15.5 Å². The van der Waals surface area contributed by atoms with Crippen LogP contribution in [0.15, 0.2) is 24.3 Å². The minimum Gasteiger partial charge on any atom is -0.347 e. The first kappa shape index (κ1) is 11.7. The van der Waals surface area contributed by atoms with E-state index in [1.54, 1.807) is 6.92 Å². The van der Waals surface area contributed by atoms with Crippen molar-refractivity contribution in [2.24, 2.45) is 0 Å². The van der Waals surface area contributed by atoms with Crippen molar-refractivity contribution in [2.75, 3.05) is 0 Å². The van der Waals surface area contributed by atoms with Gasteiger partial charge in [0.2, 0.25) is 0 Å². The predicted molar refractivity (Wildman–Crippen MR) is 67.0 cm³/mol. The largest absolute Gasteiger partial charge is 0.347 e. The Kier molecular flexibility index (Phi) is 3.49. The maximum absolute atomic E-state index is 11.8. The van der Waals surface area contributed by atoms with Crippen LogP contribution in [0.5, 0.6) is 0 Å². The van der Waals surface area contributed by atoms with Crippen molar-refractivity contribution in [3.63, 3.8) is 0 Å². The van der Waals surface area contributed by atoms with Crippen molar-refractivity contribution < 1.29 is 4.79 Å². The van der Waals surface area contributed by atoms with Crippen molar-refractivity contribution >= 4 is 17.4 Å². The molecule has 0 aliphatic carbocycles. The van der Waals surface area contributed by atoms with Crippen LogP contribution in [0, 0.1) is 13.8 Å². The normalized spacial score (nSPS) is 10.2. The van der Waals surface area contributed by atoms with Gasteiger partial charge in [-0.05, 0) is 30.9 Å². The minimum absolute atomic E-state index is 0.112. The molecule has 0 aliphatic rings. The van der Waals surface area contributed by atoms with Gasteiger partial charge < -0.3 is 5.32 Å². The zero-order chi connectivity index (χ0) is 12.3. The average molecular weight is 247 g/mol. The van der Waals surface area contributed by atoms with Crippen molar-refractivity contribution in [3.8, 4) is 0 Å². The number of rotatable bonds is 3. The third-order valence-electron chi connectivity index (χ3n) is 2.39. The highest BCUT2D eigenvalue weighted by Gasteiger charge is 2.12. The first-order valence-corrected chi connectivity index (χ1v) is 6.07. The molecule has 1 N–H and O–H groups in total. The Morgan fingerprint density at radius 2 is 2.24 bits per heavy atom. The SMILES string of the molecule is Cc1cccc(CNC(=O)c2snnc2C)c1. The maximum Gasteiger partial charge on any atom is 0.265 e. The molecule has 4 nitrogen and oxygen atoms in total. The molecule has 17 heavy (non-hydrogen) atoms. The van der Waals surface area contributed by atoms with Gasteiger partial charge >= 0.3 is 0 Å². The molecular weight excluding hydrogens is 234 g/mol. The Morgan fingerprint density at radius 3 is 2.88 bits per heavy atom. The van der Waals surface area contributed by atoms with E-state index in [2.05, 4.69) is 21.0 Å². The standard InChI is InChI=1S/C12H13N3OS/c1-8-4-3-5-10(6-8)7-13-12(16)11-9(2)14-15-17-11/h3-6H,7H2,1-2H3,(H,13,16). The fraction of sp³-hybridized carbons (Fsp3) is 0.250. The third-order valence-corrected chi connectivity index (χ3v) is 3.22. The molecule has 0 radical (unpaired) electrons. The summed E-state index contributed by atoms with van der Waals surface area (Å²) in [4.78, 5) is 12.4. The lowest BCUT2D eigenvalue weighted by atomic mass is 10.1. The summed E-state index contributed by atoms with van der Waals surface area (Å²) in [6.07, 6.45) is 0. The highest BCUT2D eigenvalue weighted by Crippen LogP contribution is 2.09. The average Bonchev–Trinajstić information content (AvgIpc) is 2.72. The van der Waals surface area contributed by atoms with Crippen LogP contribution in [0.1, 0.15) is 26.5 Å². The topological polar surface area (TPSA) is 54.9 Å². The van der Waals surface area contributed by atoms with Gasteiger partial charge in [0.15, 0.2) is 0 Å². The number of hydrogen-bond acceptors (Lipinski definition) is 4. The van der Waals surface area contributed by atoms with E-state index in [1.165, 1.54) is 5.56 Å². The monoisotopic (exact) mass is 247 g/mol. The molecule has 0 spiro atoms. The first-order chi connectivity index (χ1) is 8.16. The van der Waals surface area contributed by atoms with Crippen molar-refractivity contribution in [2.45, 2.75) is 20.4 Å². The highest BCUT2D eigenvalue weighted by atomic mass is 32.1. The van der Waals surface area contributed by atoms with Crippen LogP contribution in [0.3, 0.4) is 0 Å². The lowest BCUT2D eigenvalue weighted by molar-refractivity contribution is 0.0954. The van der Waals surface area contributed by atoms with Crippen molar-refractivity contribution in [3.05, 3.63) is 46.0 Å². The molecule has 0 saturated heterocycles. The maximum atomic E-state index is 11.8. The van der Waals surface area contributed by atoms with Gasteiger partial charge in [-0.3, -0.25) is 4.79 Å². The summed E-state index contributed by atoms with van der Waals surface area (Å²) in [5, 5.41) is 6.68. The second kappa shape index (κ2) is 5.05. The molecule has 0 saturated carbocycles. The Bertz CT molecular complexity index is 536. The molecule has 1 aromatic carbocycles. The van der Waals surface area contributed by atoms with E-state index in [0.29, 0.717) is 17.1 Å². The van der Waals surface area contributed by atoms with Crippen molar-refractivity contribution in [1.82, 2.24) is 14.9 Å². The molecule has 5 heteroatoms. The number of amides is 1. The summed E-state index contributed by atoms with van der Waals surface area (Å²) < 4.78 is 3.74. The molecule has 1 aromatic heterocycles. The molecule has 0 bridgehead atoms. The lowest BCUT2D eigenvalue weighted by Crippen LogP contribution is -2.22. The summed E-state index contributed by atoms with van der Waals surface area (Å²) >= 11 is 1.12. The summed E-state index contributed by atoms with van der Waals surface area (Å²) in [7, 11) is 0. The zero-order valence-electron chi connectivity index (χ0n) is 9.73. The summed E-state index contributed by atoms with van der Waals surface area (Å²) in [5.74, 6) is -0.112. The molecular formula is C12H13N3OS. The third kappa shape index (κ3) is 2.88. The number of carbonyl (C=O) groups excluding carboxylic acids is 1. The fourth-order valence-electron chi connectivity index (χ4n) is 1.52. The van der Waals surface area contributed by atoms with E-state index in [4.69, 9.17) is 0 Å². The highest BCUT2D eigenvalue weighted by molar-refractivity contribution is 7.07. The van der Waals surface area contributed by atoms with E-state index >= 15 is 0 Å². The second-order valence-electron chi connectivity index (χ2n) is 3.86. The Balaban J connectivity index is 1.99. The summed E-state index contributed by atoms with van der Waals surface area (Å²) in [6, 6.07) is 8.06. The molecule has 0 atom stereocenters. The Labute approximate surface area is 104 Å². The number of nitrogens with zero attached hydrogens (tertiary/aromatic N) is 2. The molecule has 2 rings (SSSR count).